The van der Waals surface area contributed by atoms with Crippen LogP contribution in [0, 0.1) is 5.92 Å². The quantitative estimate of drug-likeness (QED) is 0.626. The Labute approximate surface area is 112 Å². The largest absolute Gasteiger partial charge is 0.395 e. The first-order valence-corrected chi connectivity index (χ1v) is 7.16. The molecule has 18 heavy (non-hydrogen) atoms. The summed E-state index contributed by atoms with van der Waals surface area (Å²) in [5, 5.41) is 12.0. The van der Waals surface area contributed by atoms with Crippen molar-refractivity contribution in [3.05, 3.63) is 0 Å². The molecule has 0 saturated carbocycles. The van der Waals surface area contributed by atoms with E-state index in [1.807, 2.05) is 0 Å². The van der Waals surface area contributed by atoms with Crippen molar-refractivity contribution in [2.75, 3.05) is 26.2 Å². The molecule has 0 aromatic rings. The van der Waals surface area contributed by atoms with Gasteiger partial charge < -0.3 is 10.4 Å². The third-order valence-electron chi connectivity index (χ3n) is 3.24. The van der Waals surface area contributed by atoms with Gasteiger partial charge in [-0.15, -0.1) is 0 Å². The maximum atomic E-state index is 11.8. The molecule has 1 amide bonds. The first-order chi connectivity index (χ1) is 8.54. The van der Waals surface area contributed by atoms with Gasteiger partial charge in [-0.25, -0.2) is 0 Å². The number of hydrogen-bond acceptors (Lipinski definition) is 3. The van der Waals surface area contributed by atoms with Gasteiger partial charge in [0.1, 0.15) is 0 Å². The lowest BCUT2D eigenvalue weighted by Crippen LogP contribution is -2.44. The SMILES string of the molecule is CCC(CC)N(CCO)CC(=O)NCCC(C)C. The van der Waals surface area contributed by atoms with Crippen molar-refractivity contribution in [3.63, 3.8) is 0 Å². The Hall–Kier alpha value is -0.610. The van der Waals surface area contributed by atoms with Crippen LogP contribution in [-0.2, 0) is 4.79 Å². The Bertz CT molecular complexity index is 216. The zero-order valence-electron chi connectivity index (χ0n) is 12.4. The Morgan fingerprint density at radius 3 is 2.33 bits per heavy atom. The average Bonchev–Trinajstić information content (AvgIpc) is 2.30. The molecule has 4 nitrogen and oxygen atoms in total. The van der Waals surface area contributed by atoms with Crippen LogP contribution in [0.2, 0.25) is 0 Å². The molecule has 108 valence electrons. The van der Waals surface area contributed by atoms with Crippen molar-refractivity contribution in [1.82, 2.24) is 10.2 Å². The minimum absolute atomic E-state index is 0.0657. The number of nitrogens with zero attached hydrogens (tertiary/aromatic N) is 1. The van der Waals surface area contributed by atoms with Crippen LogP contribution in [-0.4, -0.2) is 48.2 Å². The number of carbonyl (C=O) groups excluding carboxylic acids is 1. The molecule has 0 aromatic heterocycles. The standard InChI is InChI=1S/C14H30N2O2/c1-5-13(6-2)16(9-10-17)11-14(18)15-8-7-12(3)4/h12-13,17H,5-11H2,1-4H3,(H,15,18). The highest BCUT2D eigenvalue weighted by molar-refractivity contribution is 5.78. The summed E-state index contributed by atoms with van der Waals surface area (Å²) in [6.45, 7) is 10.4. The number of amides is 1. The predicted molar refractivity (Wildman–Crippen MR) is 75.5 cm³/mol. The van der Waals surface area contributed by atoms with Gasteiger partial charge in [0.05, 0.1) is 13.2 Å². The zero-order valence-corrected chi connectivity index (χ0v) is 12.4. The van der Waals surface area contributed by atoms with Crippen molar-refractivity contribution < 1.29 is 9.90 Å². The van der Waals surface area contributed by atoms with Crippen molar-refractivity contribution in [1.29, 1.82) is 0 Å². The second-order valence-corrected chi connectivity index (χ2v) is 5.20. The van der Waals surface area contributed by atoms with E-state index < -0.39 is 0 Å². The lowest BCUT2D eigenvalue weighted by atomic mass is 10.1. The smallest absolute Gasteiger partial charge is 0.234 e. The Kier molecular flexibility index (Phi) is 9.98. The molecule has 0 saturated heterocycles. The van der Waals surface area contributed by atoms with Gasteiger partial charge in [0.2, 0.25) is 5.91 Å². The number of aliphatic hydroxyl groups is 1. The van der Waals surface area contributed by atoms with E-state index in [1.54, 1.807) is 0 Å². The van der Waals surface area contributed by atoms with Crippen LogP contribution in [0.3, 0.4) is 0 Å². The van der Waals surface area contributed by atoms with Gasteiger partial charge in [-0.2, -0.15) is 0 Å². The molecule has 2 N–H and O–H groups in total. The maximum absolute atomic E-state index is 11.8. The van der Waals surface area contributed by atoms with E-state index in [-0.39, 0.29) is 12.5 Å². The van der Waals surface area contributed by atoms with Crippen molar-refractivity contribution >= 4 is 5.91 Å². The Morgan fingerprint density at radius 2 is 1.89 bits per heavy atom. The summed E-state index contributed by atoms with van der Waals surface area (Å²) < 4.78 is 0. The number of rotatable bonds is 10. The van der Waals surface area contributed by atoms with Crippen LogP contribution in [0.1, 0.15) is 47.0 Å². The molecular weight excluding hydrogens is 228 g/mol. The summed E-state index contributed by atoms with van der Waals surface area (Å²) in [7, 11) is 0. The number of hydrogen-bond donors (Lipinski definition) is 2. The van der Waals surface area contributed by atoms with E-state index in [9.17, 15) is 4.79 Å². The van der Waals surface area contributed by atoms with E-state index in [2.05, 4.69) is 37.9 Å². The first kappa shape index (κ1) is 17.4. The Morgan fingerprint density at radius 1 is 1.28 bits per heavy atom. The highest BCUT2D eigenvalue weighted by Gasteiger charge is 2.17. The monoisotopic (exact) mass is 258 g/mol. The lowest BCUT2D eigenvalue weighted by molar-refractivity contribution is -0.123. The number of nitrogens with one attached hydrogen (secondary N) is 1. The van der Waals surface area contributed by atoms with Gasteiger partial charge in [-0.3, -0.25) is 9.69 Å². The molecule has 0 heterocycles. The van der Waals surface area contributed by atoms with Crippen LogP contribution >= 0.6 is 0 Å². The van der Waals surface area contributed by atoms with Gasteiger partial charge in [-0.05, 0) is 25.2 Å². The van der Waals surface area contributed by atoms with Crippen LogP contribution < -0.4 is 5.32 Å². The second kappa shape index (κ2) is 10.3. The molecule has 0 aliphatic rings. The molecule has 0 aliphatic heterocycles. The molecule has 0 fully saturated rings. The second-order valence-electron chi connectivity index (χ2n) is 5.20. The molecule has 4 heteroatoms. The van der Waals surface area contributed by atoms with E-state index in [0.29, 0.717) is 25.0 Å². The lowest BCUT2D eigenvalue weighted by Gasteiger charge is -2.29. The maximum Gasteiger partial charge on any atom is 0.234 e. The fourth-order valence-electron chi connectivity index (χ4n) is 2.06. The summed E-state index contributed by atoms with van der Waals surface area (Å²) in [6, 6.07) is 0.382. The predicted octanol–water partition coefficient (Wildman–Crippen LogP) is 1.63. The van der Waals surface area contributed by atoms with Crippen molar-refractivity contribution in [2.45, 2.75) is 53.0 Å². The van der Waals surface area contributed by atoms with E-state index in [0.717, 1.165) is 25.8 Å². The van der Waals surface area contributed by atoms with Gasteiger partial charge in [0, 0.05) is 19.1 Å². The van der Waals surface area contributed by atoms with E-state index in [1.165, 1.54) is 0 Å². The highest BCUT2D eigenvalue weighted by Crippen LogP contribution is 2.07. The van der Waals surface area contributed by atoms with Gasteiger partial charge in [0.25, 0.3) is 0 Å². The third kappa shape index (κ3) is 7.67. The third-order valence-corrected chi connectivity index (χ3v) is 3.24. The first-order valence-electron chi connectivity index (χ1n) is 7.16. The minimum atomic E-state index is 0.0657. The number of aliphatic hydroxyl groups excluding tert-OH is 1. The number of carbonyl (C=O) groups is 1. The molecule has 0 rings (SSSR count). The van der Waals surface area contributed by atoms with E-state index in [4.69, 9.17) is 5.11 Å². The van der Waals surface area contributed by atoms with Gasteiger partial charge >= 0.3 is 0 Å². The van der Waals surface area contributed by atoms with Crippen molar-refractivity contribution in [2.24, 2.45) is 5.92 Å². The molecule has 0 atom stereocenters. The van der Waals surface area contributed by atoms with Crippen LogP contribution in [0.5, 0.6) is 0 Å². The molecule has 0 spiro atoms. The zero-order chi connectivity index (χ0) is 14.0. The molecule has 0 aliphatic carbocycles. The Balaban J connectivity index is 4.10. The average molecular weight is 258 g/mol. The summed E-state index contributed by atoms with van der Waals surface area (Å²) in [5.74, 6) is 0.675. The van der Waals surface area contributed by atoms with Crippen LogP contribution in [0.4, 0.5) is 0 Å². The summed E-state index contributed by atoms with van der Waals surface area (Å²) in [4.78, 5) is 13.9. The summed E-state index contributed by atoms with van der Waals surface area (Å²) >= 11 is 0. The summed E-state index contributed by atoms with van der Waals surface area (Å²) in [6.07, 6.45) is 3.03. The topological polar surface area (TPSA) is 52.6 Å². The normalized spacial score (nSPS) is 11.6. The highest BCUT2D eigenvalue weighted by atomic mass is 16.3. The fourth-order valence-corrected chi connectivity index (χ4v) is 2.06. The molecular formula is C14H30N2O2. The van der Waals surface area contributed by atoms with E-state index >= 15 is 0 Å². The van der Waals surface area contributed by atoms with Gasteiger partial charge in [-0.1, -0.05) is 27.7 Å². The molecule has 0 unspecified atom stereocenters. The van der Waals surface area contributed by atoms with Crippen molar-refractivity contribution in [3.8, 4) is 0 Å². The molecule has 0 aromatic carbocycles. The van der Waals surface area contributed by atoms with Crippen LogP contribution in [0.25, 0.3) is 0 Å². The summed E-state index contributed by atoms with van der Waals surface area (Å²) in [5.41, 5.74) is 0. The molecule has 0 bridgehead atoms. The minimum Gasteiger partial charge on any atom is -0.395 e. The van der Waals surface area contributed by atoms with Gasteiger partial charge in [0.15, 0.2) is 0 Å². The van der Waals surface area contributed by atoms with Crippen LogP contribution in [0.15, 0.2) is 0 Å². The molecule has 0 radical (unpaired) electrons. The fraction of sp³-hybridized carbons (Fsp3) is 0.929.